The standard InChI is InChI=1S/C20H27NO3/c1-2-22-19-12-6-7-13-20(19)24-17-15-21-14-8-9-16-23-18-10-4-3-5-11-18/h3-7,10-13,21H,2,8-9,14-17H2,1H3. The highest BCUT2D eigenvalue weighted by molar-refractivity contribution is 5.39. The number of benzene rings is 2. The molecular weight excluding hydrogens is 302 g/mol. The van der Waals surface area contributed by atoms with Gasteiger partial charge in [-0.25, -0.2) is 0 Å². The molecule has 0 amide bonds. The van der Waals surface area contributed by atoms with E-state index in [4.69, 9.17) is 14.2 Å². The second-order valence-corrected chi connectivity index (χ2v) is 5.35. The molecule has 130 valence electrons. The minimum absolute atomic E-state index is 0.630. The third-order valence-electron chi connectivity index (χ3n) is 3.45. The maximum atomic E-state index is 5.76. The molecule has 0 aromatic heterocycles. The van der Waals surface area contributed by atoms with Crippen molar-refractivity contribution >= 4 is 0 Å². The molecule has 2 aromatic carbocycles. The predicted molar refractivity (Wildman–Crippen MR) is 97.1 cm³/mol. The van der Waals surface area contributed by atoms with Crippen LogP contribution >= 0.6 is 0 Å². The first-order valence-electron chi connectivity index (χ1n) is 8.63. The summed E-state index contributed by atoms with van der Waals surface area (Å²) in [4.78, 5) is 0. The minimum Gasteiger partial charge on any atom is -0.494 e. The van der Waals surface area contributed by atoms with Gasteiger partial charge in [0.05, 0.1) is 13.2 Å². The van der Waals surface area contributed by atoms with Crippen molar-refractivity contribution in [1.29, 1.82) is 0 Å². The van der Waals surface area contributed by atoms with Gasteiger partial charge in [0.25, 0.3) is 0 Å². The van der Waals surface area contributed by atoms with Gasteiger partial charge in [-0.2, -0.15) is 0 Å². The Morgan fingerprint density at radius 2 is 1.42 bits per heavy atom. The van der Waals surface area contributed by atoms with Crippen molar-refractivity contribution in [3.63, 3.8) is 0 Å². The Kier molecular flexibility index (Phi) is 8.58. The monoisotopic (exact) mass is 329 g/mol. The van der Waals surface area contributed by atoms with Crippen LogP contribution in [0, 0.1) is 0 Å². The summed E-state index contributed by atoms with van der Waals surface area (Å²) in [6.07, 6.45) is 2.12. The molecular formula is C20H27NO3. The van der Waals surface area contributed by atoms with Gasteiger partial charge in [-0.05, 0) is 50.6 Å². The van der Waals surface area contributed by atoms with E-state index in [0.29, 0.717) is 13.2 Å². The summed E-state index contributed by atoms with van der Waals surface area (Å²) in [5.74, 6) is 2.54. The van der Waals surface area contributed by atoms with Gasteiger partial charge in [0.15, 0.2) is 11.5 Å². The molecule has 0 saturated heterocycles. The average molecular weight is 329 g/mol. The Morgan fingerprint density at radius 3 is 2.17 bits per heavy atom. The molecule has 0 unspecified atom stereocenters. The van der Waals surface area contributed by atoms with Crippen molar-refractivity contribution in [2.75, 3.05) is 32.9 Å². The van der Waals surface area contributed by atoms with E-state index in [1.165, 1.54) is 0 Å². The molecule has 0 atom stereocenters. The van der Waals surface area contributed by atoms with Crippen molar-refractivity contribution in [3.8, 4) is 17.2 Å². The summed E-state index contributed by atoms with van der Waals surface area (Å²) in [6, 6.07) is 17.7. The van der Waals surface area contributed by atoms with Crippen LogP contribution in [0.4, 0.5) is 0 Å². The van der Waals surface area contributed by atoms with Crippen molar-refractivity contribution < 1.29 is 14.2 Å². The molecule has 0 aliphatic heterocycles. The maximum Gasteiger partial charge on any atom is 0.161 e. The molecule has 0 radical (unpaired) electrons. The first-order chi connectivity index (χ1) is 11.9. The summed E-state index contributed by atoms with van der Waals surface area (Å²) in [7, 11) is 0. The topological polar surface area (TPSA) is 39.7 Å². The molecule has 1 N–H and O–H groups in total. The van der Waals surface area contributed by atoms with Crippen LogP contribution in [0.5, 0.6) is 17.2 Å². The summed E-state index contributed by atoms with van der Waals surface area (Å²) >= 11 is 0. The zero-order chi connectivity index (χ0) is 16.9. The normalized spacial score (nSPS) is 10.4. The molecule has 0 aliphatic rings. The second kappa shape index (κ2) is 11.4. The number of nitrogens with one attached hydrogen (secondary N) is 1. The lowest BCUT2D eigenvalue weighted by molar-refractivity contribution is 0.274. The Labute approximate surface area is 144 Å². The van der Waals surface area contributed by atoms with Gasteiger partial charge in [-0.3, -0.25) is 0 Å². The van der Waals surface area contributed by atoms with Crippen molar-refractivity contribution in [3.05, 3.63) is 54.6 Å². The molecule has 2 rings (SSSR count). The summed E-state index contributed by atoms with van der Waals surface area (Å²) in [5.41, 5.74) is 0. The Hall–Kier alpha value is -2.20. The van der Waals surface area contributed by atoms with Gasteiger partial charge >= 0.3 is 0 Å². The lowest BCUT2D eigenvalue weighted by atomic mass is 10.3. The van der Waals surface area contributed by atoms with Gasteiger partial charge < -0.3 is 19.5 Å². The number of ether oxygens (including phenoxy) is 3. The van der Waals surface area contributed by atoms with Gasteiger partial charge in [-0.15, -0.1) is 0 Å². The maximum absolute atomic E-state index is 5.76. The van der Waals surface area contributed by atoms with E-state index < -0.39 is 0 Å². The number of unbranched alkanes of at least 4 members (excludes halogenated alkanes) is 1. The van der Waals surface area contributed by atoms with Gasteiger partial charge in [-0.1, -0.05) is 30.3 Å². The van der Waals surface area contributed by atoms with E-state index in [2.05, 4.69) is 5.32 Å². The van der Waals surface area contributed by atoms with E-state index in [-0.39, 0.29) is 0 Å². The highest BCUT2D eigenvalue weighted by Crippen LogP contribution is 2.25. The first-order valence-corrected chi connectivity index (χ1v) is 8.63. The molecule has 0 fully saturated rings. The predicted octanol–water partition coefficient (Wildman–Crippen LogP) is 3.91. The molecule has 0 heterocycles. The Balaban J connectivity index is 1.48. The third-order valence-corrected chi connectivity index (χ3v) is 3.45. The highest BCUT2D eigenvalue weighted by Gasteiger charge is 2.02. The van der Waals surface area contributed by atoms with Crippen LogP contribution in [0.3, 0.4) is 0 Å². The SMILES string of the molecule is CCOc1ccccc1OCCNCCCCOc1ccccc1. The molecule has 2 aromatic rings. The van der Waals surface area contributed by atoms with Crippen LogP contribution < -0.4 is 19.5 Å². The van der Waals surface area contributed by atoms with Crippen LogP contribution in [-0.2, 0) is 0 Å². The van der Waals surface area contributed by atoms with Crippen molar-refractivity contribution in [2.24, 2.45) is 0 Å². The first kappa shape index (κ1) is 18.1. The van der Waals surface area contributed by atoms with Crippen LogP contribution in [0.2, 0.25) is 0 Å². The van der Waals surface area contributed by atoms with Gasteiger partial charge in [0.2, 0.25) is 0 Å². The van der Waals surface area contributed by atoms with Gasteiger partial charge in [0, 0.05) is 6.54 Å². The van der Waals surface area contributed by atoms with Crippen molar-refractivity contribution in [1.82, 2.24) is 5.32 Å². The van der Waals surface area contributed by atoms with E-state index in [1.807, 2.05) is 61.5 Å². The fraction of sp³-hybridized carbons (Fsp3) is 0.400. The molecule has 0 aliphatic carbocycles. The van der Waals surface area contributed by atoms with Crippen LogP contribution in [0.25, 0.3) is 0 Å². The summed E-state index contributed by atoms with van der Waals surface area (Å²) < 4.78 is 17.0. The molecule has 0 saturated carbocycles. The fourth-order valence-corrected chi connectivity index (χ4v) is 2.26. The number of hydrogen-bond donors (Lipinski definition) is 1. The lowest BCUT2D eigenvalue weighted by Gasteiger charge is -2.12. The fourth-order valence-electron chi connectivity index (χ4n) is 2.26. The molecule has 4 heteroatoms. The Morgan fingerprint density at radius 1 is 0.708 bits per heavy atom. The van der Waals surface area contributed by atoms with Crippen LogP contribution in [0.1, 0.15) is 19.8 Å². The number of para-hydroxylation sites is 3. The molecule has 0 bridgehead atoms. The van der Waals surface area contributed by atoms with E-state index >= 15 is 0 Å². The van der Waals surface area contributed by atoms with Crippen LogP contribution in [0.15, 0.2) is 54.6 Å². The van der Waals surface area contributed by atoms with E-state index in [0.717, 1.165) is 49.8 Å². The highest BCUT2D eigenvalue weighted by atomic mass is 16.5. The largest absolute Gasteiger partial charge is 0.494 e. The second-order valence-electron chi connectivity index (χ2n) is 5.35. The number of hydrogen-bond acceptors (Lipinski definition) is 4. The van der Waals surface area contributed by atoms with Crippen molar-refractivity contribution in [2.45, 2.75) is 19.8 Å². The zero-order valence-electron chi connectivity index (χ0n) is 14.4. The minimum atomic E-state index is 0.630. The Bertz CT molecular complexity index is 560. The van der Waals surface area contributed by atoms with E-state index in [1.54, 1.807) is 0 Å². The summed E-state index contributed by atoms with van der Waals surface area (Å²) in [5, 5.41) is 3.38. The molecule has 4 nitrogen and oxygen atoms in total. The summed E-state index contributed by atoms with van der Waals surface area (Å²) in [6.45, 7) is 5.78. The smallest absolute Gasteiger partial charge is 0.161 e. The lowest BCUT2D eigenvalue weighted by Crippen LogP contribution is -2.22. The van der Waals surface area contributed by atoms with Crippen LogP contribution in [-0.4, -0.2) is 32.9 Å². The average Bonchev–Trinajstić information content (AvgIpc) is 2.63. The molecule has 24 heavy (non-hydrogen) atoms. The zero-order valence-corrected chi connectivity index (χ0v) is 14.4. The van der Waals surface area contributed by atoms with E-state index in [9.17, 15) is 0 Å². The third kappa shape index (κ3) is 6.92. The number of rotatable bonds is 12. The quantitative estimate of drug-likeness (QED) is 0.599. The van der Waals surface area contributed by atoms with Gasteiger partial charge in [0.1, 0.15) is 12.4 Å². The molecule has 0 spiro atoms.